The number of rotatable bonds is 6. The number of esters is 1. The number of carbonyl (C=O) groups excluding carboxylic acids is 2. The highest BCUT2D eigenvalue weighted by Crippen LogP contribution is 2.35. The fraction of sp³-hybridized carbons (Fsp3) is 0.200. The first-order valence-corrected chi connectivity index (χ1v) is 8.55. The number of fused-ring (bicyclic) bond motifs is 1. The van der Waals surface area contributed by atoms with Crippen molar-refractivity contribution in [2.75, 3.05) is 6.61 Å². The van der Waals surface area contributed by atoms with Crippen LogP contribution in [0.3, 0.4) is 0 Å². The minimum Gasteiger partial charge on any atom is -0.479 e. The van der Waals surface area contributed by atoms with E-state index in [2.05, 4.69) is 0 Å². The lowest BCUT2D eigenvalue weighted by atomic mass is 10.1. The Labute approximate surface area is 160 Å². The minimum atomic E-state index is -0.801. The molecule has 0 aliphatic carbocycles. The van der Waals surface area contributed by atoms with Crippen LogP contribution in [0.4, 0.5) is 5.69 Å². The van der Waals surface area contributed by atoms with Crippen molar-refractivity contribution >= 4 is 23.5 Å². The summed E-state index contributed by atoms with van der Waals surface area (Å²) in [5.74, 6) is -0.0213. The first-order chi connectivity index (χ1) is 13.4. The second-order valence-corrected chi connectivity index (χ2v) is 5.96. The number of non-ortho nitro benzene ring substituents is 1. The zero-order valence-electron chi connectivity index (χ0n) is 15.2. The summed E-state index contributed by atoms with van der Waals surface area (Å²) in [5, 5.41) is 10.7. The Morgan fingerprint density at radius 1 is 1.25 bits per heavy atom. The maximum absolute atomic E-state index is 12.5. The predicted octanol–water partition coefficient (Wildman–Crippen LogP) is 3.54. The lowest BCUT2D eigenvalue weighted by Gasteiger charge is -2.13. The normalized spacial score (nSPS) is 14.9. The third-order valence-electron chi connectivity index (χ3n) is 3.97. The van der Waals surface area contributed by atoms with Crippen LogP contribution in [-0.4, -0.2) is 29.4 Å². The largest absolute Gasteiger partial charge is 0.479 e. The van der Waals surface area contributed by atoms with Gasteiger partial charge in [-0.3, -0.25) is 14.9 Å². The summed E-state index contributed by atoms with van der Waals surface area (Å²) < 4.78 is 16.0. The van der Waals surface area contributed by atoms with E-state index in [1.54, 1.807) is 26.0 Å². The number of benzene rings is 2. The van der Waals surface area contributed by atoms with Gasteiger partial charge in [0.25, 0.3) is 5.69 Å². The summed E-state index contributed by atoms with van der Waals surface area (Å²) in [6, 6.07) is 10.4. The fourth-order valence-corrected chi connectivity index (χ4v) is 2.60. The highest BCUT2D eigenvalue weighted by Gasteiger charge is 2.28. The molecular weight excluding hydrogens is 366 g/mol. The van der Waals surface area contributed by atoms with Crippen molar-refractivity contribution in [3.63, 3.8) is 0 Å². The Bertz CT molecular complexity index is 963. The van der Waals surface area contributed by atoms with Crippen LogP contribution in [-0.2, 0) is 9.53 Å². The third kappa shape index (κ3) is 4.01. The number of allylic oxidation sites excluding steroid dienone is 1. The van der Waals surface area contributed by atoms with E-state index in [0.29, 0.717) is 22.6 Å². The van der Waals surface area contributed by atoms with Crippen LogP contribution in [0.5, 0.6) is 11.5 Å². The summed E-state index contributed by atoms with van der Waals surface area (Å²) in [5.41, 5.74) is 0.917. The first-order valence-electron chi connectivity index (χ1n) is 8.55. The molecule has 2 aromatic carbocycles. The zero-order chi connectivity index (χ0) is 20.3. The summed E-state index contributed by atoms with van der Waals surface area (Å²) in [6.07, 6.45) is 0.707. The summed E-state index contributed by atoms with van der Waals surface area (Å²) in [4.78, 5) is 34.4. The van der Waals surface area contributed by atoms with Crippen molar-refractivity contribution in [2.45, 2.75) is 20.0 Å². The monoisotopic (exact) mass is 383 g/mol. The molecular formula is C20H17NO7. The molecule has 1 heterocycles. The Morgan fingerprint density at radius 3 is 2.61 bits per heavy atom. The van der Waals surface area contributed by atoms with E-state index in [0.717, 1.165) is 0 Å². The van der Waals surface area contributed by atoms with Gasteiger partial charge in [-0.15, -0.1) is 0 Å². The van der Waals surface area contributed by atoms with Gasteiger partial charge in [0.05, 0.1) is 17.1 Å². The molecule has 0 unspecified atom stereocenters. The molecule has 2 aromatic rings. The molecule has 8 nitrogen and oxygen atoms in total. The molecule has 0 fully saturated rings. The van der Waals surface area contributed by atoms with E-state index in [9.17, 15) is 19.7 Å². The summed E-state index contributed by atoms with van der Waals surface area (Å²) in [7, 11) is 0. The second kappa shape index (κ2) is 7.91. The van der Waals surface area contributed by atoms with Crippen LogP contribution in [0.2, 0.25) is 0 Å². The molecule has 0 N–H and O–H groups in total. The molecule has 0 spiro atoms. The number of hydrogen-bond acceptors (Lipinski definition) is 7. The minimum absolute atomic E-state index is 0.0402. The Balaban J connectivity index is 1.77. The van der Waals surface area contributed by atoms with Crippen molar-refractivity contribution in [1.29, 1.82) is 0 Å². The number of ketones is 1. The lowest BCUT2D eigenvalue weighted by Crippen LogP contribution is -2.26. The van der Waals surface area contributed by atoms with E-state index in [1.165, 1.54) is 36.4 Å². The number of ether oxygens (including phenoxy) is 3. The molecule has 1 atom stereocenters. The van der Waals surface area contributed by atoms with E-state index in [-0.39, 0.29) is 23.8 Å². The van der Waals surface area contributed by atoms with Crippen molar-refractivity contribution in [2.24, 2.45) is 0 Å². The van der Waals surface area contributed by atoms with E-state index < -0.39 is 17.0 Å². The lowest BCUT2D eigenvalue weighted by molar-refractivity contribution is -0.384. The summed E-state index contributed by atoms with van der Waals surface area (Å²) in [6.45, 7) is 3.53. The molecule has 1 aliphatic rings. The number of nitro benzene ring substituents is 1. The third-order valence-corrected chi connectivity index (χ3v) is 3.97. The molecule has 1 aliphatic heterocycles. The maximum atomic E-state index is 12.5. The highest BCUT2D eigenvalue weighted by atomic mass is 16.6. The smallest absolute Gasteiger partial charge is 0.347 e. The van der Waals surface area contributed by atoms with Gasteiger partial charge in [-0.05, 0) is 49.8 Å². The maximum Gasteiger partial charge on any atom is 0.347 e. The molecule has 0 saturated heterocycles. The standard InChI is InChI=1S/C20H17NO7/c1-3-26-20(23)12(2)27-15-8-9-16-17(11-15)28-18(19(16)22)10-13-4-6-14(7-5-13)21(24)25/h4-12H,3H2,1-2H3/b18-10+/t12-/m0/s1. The SMILES string of the molecule is CCOC(=O)[C@H](C)Oc1ccc2c(c1)O/C(=C/c1ccc([N+](=O)[O-])cc1)C2=O. The average Bonchev–Trinajstić information content (AvgIpc) is 2.97. The van der Waals surface area contributed by atoms with Crippen molar-refractivity contribution < 1.29 is 28.7 Å². The second-order valence-electron chi connectivity index (χ2n) is 5.96. The average molecular weight is 383 g/mol. The number of nitrogens with zero attached hydrogens (tertiary/aromatic N) is 1. The van der Waals surface area contributed by atoms with E-state index in [4.69, 9.17) is 14.2 Å². The molecule has 0 radical (unpaired) electrons. The van der Waals surface area contributed by atoms with Gasteiger partial charge in [-0.25, -0.2) is 4.79 Å². The first kappa shape index (κ1) is 19.1. The fourth-order valence-electron chi connectivity index (χ4n) is 2.60. The van der Waals surface area contributed by atoms with Gasteiger partial charge in [0.2, 0.25) is 5.78 Å². The van der Waals surface area contributed by atoms with E-state index >= 15 is 0 Å². The Hall–Kier alpha value is -3.68. The van der Waals surface area contributed by atoms with Crippen molar-refractivity contribution in [3.05, 3.63) is 69.5 Å². The molecule has 8 heteroatoms. The number of nitro groups is 1. The van der Waals surface area contributed by atoms with E-state index in [1.807, 2.05) is 0 Å². The predicted molar refractivity (Wildman–Crippen MR) is 99.2 cm³/mol. The molecule has 0 aromatic heterocycles. The topological polar surface area (TPSA) is 105 Å². The Kier molecular flexibility index (Phi) is 5.39. The summed E-state index contributed by atoms with van der Waals surface area (Å²) >= 11 is 0. The molecule has 0 bridgehead atoms. The van der Waals surface area contributed by atoms with Crippen LogP contribution in [0.25, 0.3) is 6.08 Å². The van der Waals surface area contributed by atoms with Gasteiger partial charge in [0.15, 0.2) is 11.9 Å². The number of hydrogen-bond donors (Lipinski definition) is 0. The number of Topliss-reactive ketones (excluding diaryl/α,β-unsaturated/α-hetero) is 1. The molecule has 0 amide bonds. The van der Waals surface area contributed by atoms with Crippen molar-refractivity contribution in [3.8, 4) is 11.5 Å². The van der Waals surface area contributed by atoms with Crippen molar-refractivity contribution in [1.82, 2.24) is 0 Å². The quantitative estimate of drug-likeness (QED) is 0.325. The van der Waals surface area contributed by atoms with Gasteiger partial charge in [-0.2, -0.15) is 0 Å². The molecule has 28 heavy (non-hydrogen) atoms. The van der Waals surface area contributed by atoms with Gasteiger partial charge in [0.1, 0.15) is 11.5 Å². The van der Waals surface area contributed by atoms with Crippen LogP contribution in [0.1, 0.15) is 29.8 Å². The van der Waals surface area contributed by atoms with Crippen LogP contribution in [0.15, 0.2) is 48.2 Å². The Morgan fingerprint density at radius 2 is 1.96 bits per heavy atom. The van der Waals surface area contributed by atoms with Gasteiger partial charge >= 0.3 is 5.97 Å². The van der Waals surface area contributed by atoms with Crippen LogP contribution in [0, 0.1) is 10.1 Å². The van der Waals surface area contributed by atoms with Gasteiger partial charge in [-0.1, -0.05) is 0 Å². The van der Waals surface area contributed by atoms with Crippen LogP contribution < -0.4 is 9.47 Å². The number of carbonyl (C=O) groups is 2. The van der Waals surface area contributed by atoms with Crippen LogP contribution >= 0.6 is 0 Å². The molecule has 3 rings (SSSR count). The highest BCUT2D eigenvalue weighted by molar-refractivity contribution is 6.14. The zero-order valence-corrected chi connectivity index (χ0v) is 15.2. The van der Waals surface area contributed by atoms with Gasteiger partial charge < -0.3 is 14.2 Å². The molecule has 0 saturated carbocycles. The van der Waals surface area contributed by atoms with Gasteiger partial charge in [0, 0.05) is 18.2 Å². The molecule has 144 valence electrons.